The number of nitrogens with zero attached hydrogens (tertiary/aromatic N) is 2. The second kappa shape index (κ2) is 7.42. The van der Waals surface area contributed by atoms with Gasteiger partial charge in [-0.25, -0.2) is 17.9 Å². The molecule has 2 aromatic carbocycles. The molecule has 0 spiro atoms. The van der Waals surface area contributed by atoms with Crippen LogP contribution in [0.25, 0.3) is 21.2 Å². The van der Waals surface area contributed by atoms with Crippen LogP contribution >= 0.6 is 11.3 Å². The van der Waals surface area contributed by atoms with Crippen molar-refractivity contribution in [1.82, 2.24) is 14.2 Å². The molecule has 0 aliphatic heterocycles. The Hall–Kier alpha value is -2.46. The number of thiophene rings is 1. The summed E-state index contributed by atoms with van der Waals surface area (Å²) in [6.07, 6.45) is 0. The van der Waals surface area contributed by atoms with E-state index in [9.17, 15) is 13.2 Å². The van der Waals surface area contributed by atoms with Gasteiger partial charge >= 0.3 is 5.76 Å². The summed E-state index contributed by atoms with van der Waals surface area (Å²) in [5, 5.41) is 3.21. The van der Waals surface area contributed by atoms with Crippen LogP contribution in [-0.4, -0.2) is 38.5 Å². The minimum Gasteiger partial charge on any atom is -0.408 e. The van der Waals surface area contributed by atoms with E-state index in [-0.39, 0.29) is 17.5 Å². The standard InChI is InChI=1S/C20H21N3O4S2/c1-22(2)17(15-12-28-19-7-5-4-6-14(15)19)11-21-29(25,26)13-8-9-18-16(10-13)23(3)20(24)27-18/h4-10,12,17,21H,11H2,1-3H3/t17-/m0/s1. The zero-order chi connectivity index (χ0) is 20.8. The van der Waals surface area contributed by atoms with Crippen LogP contribution in [0.2, 0.25) is 0 Å². The third-order valence-corrected chi connectivity index (χ3v) is 7.44. The van der Waals surface area contributed by atoms with Crippen molar-refractivity contribution in [2.45, 2.75) is 10.9 Å². The minimum atomic E-state index is -3.76. The third-order valence-electron chi connectivity index (χ3n) is 5.03. The topological polar surface area (TPSA) is 84.6 Å². The van der Waals surface area contributed by atoms with Crippen molar-refractivity contribution >= 4 is 42.5 Å². The highest BCUT2D eigenvalue weighted by Crippen LogP contribution is 2.32. The summed E-state index contributed by atoms with van der Waals surface area (Å²) < 4.78 is 36.1. The Bertz CT molecular complexity index is 1350. The molecular formula is C20H21N3O4S2. The Morgan fingerprint density at radius 3 is 2.72 bits per heavy atom. The van der Waals surface area contributed by atoms with Gasteiger partial charge in [-0.05, 0) is 54.7 Å². The first-order valence-electron chi connectivity index (χ1n) is 9.00. The van der Waals surface area contributed by atoms with E-state index in [0.717, 1.165) is 10.9 Å². The molecule has 1 atom stereocenters. The molecule has 9 heteroatoms. The van der Waals surface area contributed by atoms with Gasteiger partial charge in [-0.15, -0.1) is 11.3 Å². The van der Waals surface area contributed by atoms with E-state index in [1.54, 1.807) is 18.4 Å². The maximum absolute atomic E-state index is 12.9. The lowest BCUT2D eigenvalue weighted by molar-refractivity contribution is 0.301. The summed E-state index contributed by atoms with van der Waals surface area (Å²) in [5.74, 6) is -0.528. The molecule has 29 heavy (non-hydrogen) atoms. The molecule has 7 nitrogen and oxygen atoms in total. The summed E-state index contributed by atoms with van der Waals surface area (Å²) in [7, 11) is 1.64. The predicted molar refractivity (Wildman–Crippen MR) is 115 cm³/mol. The first-order chi connectivity index (χ1) is 13.8. The Balaban J connectivity index is 1.63. The zero-order valence-electron chi connectivity index (χ0n) is 16.2. The second-order valence-electron chi connectivity index (χ2n) is 7.08. The molecule has 0 saturated carbocycles. The maximum atomic E-state index is 12.9. The number of rotatable bonds is 6. The highest BCUT2D eigenvalue weighted by molar-refractivity contribution is 7.89. The van der Waals surface area contributed by atoms with E-state index < -0.39 is 15.8 Å². The molecule has 0 amide bonds. The van der Waals surface area contributed by atoms with Gasteiger partial charge in [-0.2, -0.15) is 0 Å². The molecule has 2 aromatic heterocycles. The highest BCUT2D eigenvalue weighted by Gasteiger charge is 2.23. The highest BCUT2D eigenvalue weighted by atomic mass is 32.2. The lowest BCUT2D eigenvalue weighted by Crippen LogP contribution is -2.34. The number of sulfonamides is 1. The van der Waals surface area contributed by atoms with Gasteiger partial charge in [0.1, 0.15) is 0 Å². The zero-order valence-corrected chi connectivity index (χ0v) is 17.9. The van der Waals surface area contributed by atoms with Crippen molar-refractivity contribution in [2.24, 2.45) is 7.05 Å². The Morgan fingerprint density at radius 1 is 1.21 bits per heavy atom. The summed E-state index contributed by atoms with van der Waals surface area (Å²) >= 11 is 1.65. The van der Waals surface area contributed by atoms with Gasteiger partial charge in [0.05, 0.1) is 10.4 Å². The third kappa shape index (κ3) is 3.62. The smallest absolute Gasteiger partial charge is 0.408 e. The van der Waals surface area contributed by atoms with Crippen LogP contribution < -0.4 is 10.5 Å². The number of nitrogens with one attached hydrogen (secondary N) is 1. The molecule has 4 rings (SSSR count). The van der Waals surface area contributed by atoms with E-state index in [1.807, 2.05) is 31.1 Å². The van der Waals surface area contributed by atoms with Gasteiger partial charge < -0.3 is 9.32 Å². The van der Waals surface area contributed by atoms with E-state index in [1.165, 1.54) is 27.5 Å². The Kier molecular flexibility index (Phi) is 5.07. The summed E-state index contributed by atoms with van der Waals surface area (Å²) in [4.78, 5) is 13.7. The van der Waals surface area contributed by atoms with Crippen LogP contribution in [0.15, 0.2) is 62.0 Å². The Morgan fingerprint density at radius 2 is 1.97 bits per heavy atom. The molecule has 2 heterocycles. The average Bonchev–Trinajstić information content (AvgIpc) is 3.23. The lowest BCUT2D eigenvalue weighted by atomic mass is 10.1. The van der Waals surface area contributed by atoms with Crippen LogP contribution in [0, 0.1) is 0 Å². The SMILES string of the molecule is CN(C)[C@@H](CNS(=O)(=O)c1ccc2oc(=O)n(C)c2c1)c1csc2ccccc12. The molecule has 4 aromatic rings. The van der Waals surface area contributed by atoms with Crippen LogP contribution in [0.5, 0.6) is 0 Å². The predicted octanol–water partition coefficient (Wildman–Crippen LogP) is 2.93. The number of hydrogen-bond donors (Lipinski definition) is 1. The fourth-order valence-electron chi connectivity index (χ4n) is 3.37. The van der Waals surface area contributed by atoms with Crippen LogP contribution in [0.3, 0.4) is 0 Å². The first kappa shape index (κ1) is 19.8. The van der Waals surface area contributed by atoms with E-state index in [4.69, 9.17) is 4.42 Å². The van der Waals surface area contributed by atoms with E-state index >= 15 is 0 Å². The van der Waals surface area contributed by atoms with Gasteiger partial charge in [0.25, 0.3) is 0 Å². The summed E-state index contributed by atoms with van der Waals surface area (Å²) in [5.41, 5.74) is 1.88. The molecule has 0 unspecified atom stereocenters. The number of oxazole rings is 1. The lowest BCUT2D eigenvalue weighted by Gasteiger charge is -2.24. The Labute approximate surface area is 172 Å². The van der Waals surface area contributed by atoms with Gasteiger partial charge in [0, 0.05) is 24.3 Å². The normalized spacial score (nSPS) is 13.5. The van der Waals surface area contributed by atoms with Crippen molar-refractivity contribution in [1.29, 1.82) is 0 Å². The molecular weight excluding hydrogens is 410 g/mol. The number of hydrogen-bond acceptors (Lipinski definition) is 6. The molecule has 1 N–H and O–H groups in total. The number of aryl methyl sites for hydroxylation is 1. The maximum Gasteiger partial charge on any atom is 0.419 e. The summed E-state index contributed by atoms with van der Waals surface area (Å²) in [6.45, 7) is 0.221. The van der Waals surface area contributed by atoms with E-state index in [2.05, 4.69) is 22.2 Å². The molecule has 0 aliphatic carbocycles. The fourth-order valence-corrected chi connectivity index (χ4v) is 5.44. The van der Waals surface area contributed by atoms with Gasteiger partial charge in [-0.3, -0.25) is 4.57 Å². The number of likely N-dealkylation sites (N-methyl/N-ethyl adjacent to an activating group) is 1. The van der Waals surface area contributed by atoms with Crippen LogP contribution in [0.1, 0.15) is 11.6 Å². The number of fused-ring (bicyclic) bond motifs is 2. The number of aromatic nitrogens is 1. The monoisotopic (exact) mass is 431 g/mol. The van der Waals surface area contributed by atoms with Crippen molar-refractivity contribution in [3.63, 3.8) is 0 Å². The van der Waals surface area contributed by atoms with Gasteiger partial charge in [0.15, 0.2) is 5.58 Å². The molecule has 0 bridgehead atoms. The van der Waals surface area contributed by atoms with Gasteiger partial charge in [0.2, 0.25) is 10.0 Å². The van der Waals surface area contributed by atoms with Crippen LogP contribution in [-0.2, 0) is 17.1 Å². The molecule has 152 valence electrons. The first-order valence-corrected chi connectivity index (χ1v) is 11.4. The van der Waals surface area contributed by atoms with Crippen LogP contribution in [0.4, 0.5) is 0 Å². The van der Waals surface area contributed by atoms with Crippen molar-refractivity contribution < 1.29 is 12.8 Å². The summed E-state index contributed by atoms with van der Waals surface area (Å²) in [6, 6.07) is 12.4. The molecule has 0 fully saturated rings. The van der Waals surface area contributed by atoms with Crippen molar-refractivity contribution in [2.75, 3.05) is 20.6 Å². The second-order valence-corrected chi connectivity index (χ2v) is 9.75. The molecule has 0 saturated heterocycles. The average molecular weight is 432 g/mol. The van der Waals surface area contributed by atoms with Gasteiger partial charge in [-0.1, -0.05) is 18.2 Å². The largest absolute Gasteiger partial charge is 0.419 e. The number of benzene rings is 2. The minimum absolute atomic E-state index is 0.0917. The molecule has 0 aliphatic rings. The fraction of sp³-hybridized carbons (Fsp3) is 0.250. The molecule has 0 radical (unpaired) electrons. The van der Waals surface area contributed by atoms with E-state index in [0.29, 0.717) is 11.1 Å². The van der Waals surface area contributed by atoms with Crippen molar-refractivity contribution in [3.8, 4) is 0 Å². The van der Waals surface area contributed by atoms with Crippen molar-refractivity contribution in [3.05, 3.63) is 64.0 Å². The quantitative estimate of drug-likeness (QED) is 0.507.